The molecule has 1 aromatic rings. The molecule has 1 atom stereocenters. The highest BCUT2D eigenvalue weighted by atomic mass is 16.7. The minimum absolute atomic E-state index is 0.115. The monoisotopic (exact) mass is 253 g/mol. The number of nitrogens with two attached hydrogens (primary N) is 1. The highest BCUT2D eigenvalue weighted by Gasteiger charge is 2.41. The van der Waals surface area contributed by atoms with E-state index in [-0.39, 0.29) is 12.2 Å². The normalized spacial score (nSPS) is 13.3. The third kappa shape index (κ3) is 3.14. The van der Waals surface area contributed by atoms with Gasteiger partial charge in [-0.15, -0.1) is 0 Å². The number of carbonyl (C=O) groups excluding carboxylic acids is 1. The summed E-state index contributed by atoms with van der Waals surface area (Å²) in [4.78, 5) is 12.4. The van der Waals surface area contributed by atoms with Crippen molar-refractivity contribution in [1.82, 2.24) is 0 Å². The lowest BCUT2D eigenvalue weighted by Crippen LogP contribution is -2.47. The number of ether oxygens (including phenoxy) is 3. The van der Waals surface area contributed by atoms with Gasteiger partial charge in [0.15, 0.2) is 0 Å². The predicted octanol–water partition coefficient (Wildman–Crippen LogP) is 1.18. The summed E-state index contributed by atoms with van der Waals surface area (Å²) in [6.45, 7) is 0. The van der Waals surface area contributed by atoms with Gasteiger partial charge in [-0.2, -0.15) is 0 Å². The van der Waals surface area contributed by atoms with Crippen molar-refractivity contribution in [3.63, 3.8) is 0 Å². The van der Waals surface area contributed by atoms with Crippen LogP contribution >= 0.6 is 0 Å². The maximum Gasteiger partial charge on any atom is 0.237 e. The lowest BCUT2D eigenvalue weighted by molar-refractivity contribution is -0.187. The Balaban J connectivity index is 3.00. The number of methoxy groups -OCH3 is 3. The Kier molecular flexibility index (Phi) is 5.43. The van der Waals surface area contributed by atoms with Gasteiger partial charge in [-0.25, -0.2) is 0 Å². The van der Waals surface area contributed by atoms with Crippen molar-refractivity contribution < 1.29 is 19.0 Å². The van der Waals surface area contributed by atoms with Crippen molar-refractivity contribution in [2.24, 2.45) is 5.73 Å². The van der Waals surface area contributed by atoms with Gasteiger partial charge in [-0.3, -0.25) is 4.79 Å². The Hall–Kier alpha value is -1.27. The molecule has 0 amide bonds. The number of rotatable bonds is 7. The number of Topliss-reactive ketones (excluding diaryl/α,β-unsaturated/α-hetero) is 1. The quantitative estimate of drug-likeness (QED) is 0.583. The molecule has 0 bridgehead atoms. The van der Waals surface area contributed by atoms with Gasteiger partial charge in [0.2, 0.25) is 11.6 Å². The molecule has 5 nitrogen and oxygen atoms in total. The molecule has 5 heteroatoms. The second kappa shape index (κ2) is 6.61. The lowest BCUT2D eigenvalue weighted by atomic mass is 9.99. The molecule has 18 heavy (non-hydrogen) atoms. The van der Waals surface area contributed by atoms with E-state index in [0.29, 0.717) is 5.56 Å². The third-order valence-electron chi connectivity index (χ3n) is 2.81. The summed E-state index contributed by atoms with van der Waals surface area (Å²) in [5.74, 6) is -1.70. The van der Waals surface area contributed by atoms with Gasteiger partial charge in [0.1, 0.15) is 6.23 Å². The molecule has 0 saturated carbocycles. The van der Waals surface area contributed by atoms with E-state index in [1.807, 2.05) is 6.07 Å². The fourth-order valence-electron chi connectivity index (χ4n) is 1.69. The zero-order valence-corrected chi connectivity index (χ0v) is 10.9. The molecule has 0 radical (unpaired) electrons. The van der Waals surface area contributed by atoms with Gasteiger partial charge < -0.3 is 19.9 Å². The molecule has 1 rings (SSSR count). The summed E-state index contributed by atoms with van der Waals surface area (Å²) in [6, 6.07) is 8.79. The van der Waals surface area contributed by atoms with Crippen LogP contribution in [-0.2, 0) is 14.2 Å². The average molecular weight is 253 g/mol. The summed E-state index contributed by atoms with van der Waals surface area (Å²) in [6.07, 6.45) is -0.526. The fourth-order valence-corrected chi connectivity index (χ4v) is 1.69. The topological polar surface area (TPSA) is 70.8 Å². The second-order valence-electron chi connectivity index (χ2n) is 3.83. The molecule has 0 aliphatic rings. The lowest BCUT2D eigenvalue weighted by Gasteiger charge is -2.31. The van der Waals surface area contributed by atoms with Crippen molar-refractivity contribution in [3.05, 3.63) is 35.9 Å². The van der Waals surface area contributed by atoms with Gasteiger partial charge in [0.25, 0.3) is 0 Å². The number of hydrogen-bond acceptors (Lipinski definition) is 5. The predicted molar refractivity (Wildman–Crippen MR) is 67.1 cm³/mol. The second-order valence-corrected chi connectivity index (χ2v) is 3.83. The van der Waals surface area contributed by atoms with Crippen LogP contribution in [0.4, 0.5) is 0 Å². The van der Waals surface area contributed by atoms with Crippen molar-refractivity contribution in [2.45, 2.75) is 18.4 Å². The first-order valence-electron chi connectivity index (χ1n) is 5.58. The fraction of sp³-hybridized carbons (Fsp3) is 0.462. The number of benzene rings is 1. The first kappa shape index (κ1) is 14.8. The first-order valence-corrected chi connectivity index (χ1v) is 5.58. The van der Waals surface area contributed by atoms with Gasteiger partial charge >= 0.3 is 0 Å². The Morgan fingerprint density at radius 2 is 1.78 bits per heavy atom. The molecule has 0 spiro atoms. The maximum absolute atomic E-state index is 12.4. The van der Waals surface area contributed by atoms with Crippen LogP contribution in [0.3, 0.4) is 0 Å². The van der Waals surface area contributed by atoms with E-state index in [9.17, 15) is 4.79 Å². The van der Waals surface area contributed by atoms with Crippen LogP contribution in [-0.4, -0.2) is 39.1 Å². The van der Waals surface area contributed by atoms with Crippen LogP contribution in [0.2, 0.25) is 0 Å². The van der Waals surface area contributed by atoms with Gasteiger partial charge in [-0.05, 0) is 0 Å². The van der Waals surface area contributed by atoms with E-state index in [1.165, 1.54) is 21.3 Å². The van der Waals surface area contributed by atoms with Gasteiger partial charge in [0, 0.05) is 33.3 Å². The minimum atomic E-state index is -1.42. The smallest absolute Gasteiger partial charge is 0.237 e. The van der Waals surface area contributed by atoms with E-state index in [2.05, 4.69) is 0 Å². The van der Waals surface area contributed by atoms with Gasteiger partial charge in [-0.1, -0.05) is 30.3 Å². The summed E-state index contributed by atoms with van der Waals surface area (Å²) in [5, 5.41) is 0. The molecule has 0 aromatic heterocycles. The van der Waals surface area contributed by atoms with E-state index >= 15 is 0 Å². The summed E-state index contributed by atoms with van der Waals surface area (Å²) >= 11 is 0. The average Bonchev–Trinajstić information content (AvgIpc) is 2.44. The SMILES string of the molecule is COC(N)CC(OC)(OC)C(=O)c1ccccc1. The zero-order chi connectivity index (χ0) is 13.6. The van der Waals surface area contributed by atoms with E-state index in [1.54, 1.807) is 24.3 Å². The van der Waals surface area contributed by atoms with Crippen molar-refractivity contribution in [1.29, 1.82) is 0 Å². The molecule has 0 heterocycles. The van der Waals surface area contributed by atoms with Crippen LogP contribution in [0.15, 0.2) is 30.3 Å². The molecule has 0 fully saturated rings. The van der Waals surface area contributed by atoms with E-state index in [4.69, 9.17) is 19.9 Å². The van der Waals surface area contributed by atoms with Crippen LogP contribution in [0.25, 0.3) is 0 Å². The van der Waals surface area contributed by atoms with Crippen molar-refractivity contribution in [3.8, 4) is 0 Å². The molecule has 0 aliphatic carbocycles. The maximum atomic E-state index is 12.4. The molecular formula is C13H19NO4. The molecule has 1 aromatic carbocycles. The number of ketones is 1. The molecule has 100 valence electrons. The first-order chi connectivity index (χ1) is 8.59. The largest absolute Gasteiger partial charge is 0.367 e. The van der Waals surface area contributed by atoms with Crippen LogP contribution in [0, 0.1) is 0 Å². The van der Waals surface area contributed by atoms with Crippen LogP contribution < -0.4 is 5.73 Å². The third-order valence-corrected chi connectivity index (χ3v) is 2.81. The molecule has 0 saturated heterocycles. The Morgan fingerprint density at radius 1 is 1.22 bits per heavy atom. The highest BCUT2D eigenvalue weighted by molar-refractivity contribution is 6.01. The highest BCUT2D eigenvalue weighted by Crippen LogP contribution is 2.23. The van der Waals surface area contributed by atoms with Crippen molar-refractivity contribution >= 4 is 5.78 Å². The Labute approximate surface area is 107 Å². The summed E-state index contributed by atoms with van der Waals surface area (Å²) in [5.41, 5.74) is 6.20. The van der Waals surface area contributed by atoms with Crippen LogP contribution in [0.5, 0.6) is 0 Å². The van der Waals surface area contributed by atoms with E-state index < -0.39 is 12.0 Å². The van der Waals surface area contributed by atoms with Gasteiger partial charge in [0.05, 0.1) is 0 Å². The Bertz CT molecular complexity index is 376. The zero-order valence-electron chi connectivity index (χ0n) is 10.9. The van der Waals surface area contributed by atoms with Crippen LogP contribution in [0.1, 0.15) is 16.8 Å². The summed E-state index contributed by atoms with van der Waals surface area (Å²) in [7, 11) is 4.28. The summed E-state index contributed by atoms with van der Waals surface area (Å²) < 4.78 is 15.4. The standard InChI is InChI=1S/C13H19NO4/c1-16-11(14)9-13(17-2,18-3)12(15)10-7-5-4-6-8-10/h4-8,11H,9,14H2,1-3H3. The molecule has 1 unspecified atom stereocenters. The minimum Gasteiger partial charge on any atom is -0.367 e. The van der Waals surface area contributed by atoms with Crippen molar-refractivity contribution in [2.75, 3.05) is 21.3 Å². The molecule has 0 aliphatic heterocycles. The number of hydrogen-bond donors (Lipinski definition) is 1. The van der Waals surface area contributed by atoms with E-state index in [0.717, 1.165) is 0 Å². The number of carbonyl (C=O) groups is 1. The Morgan fingerprint density at radius 3 is 2.22 bits per heavy atom. The molecular weight excluding hydrogens is 234 g/mol. The molecule has 2 N–H and O–H groups in total.